The molecule has 5 nitrogen and oxygen atoms in total. The van der Waals surface area contributed by atoms with Crippen LogP contribution in [0.1, 0.15) is 23.4 Å². The highest BCUT2D eigenvalue weighted by molar-refractivity contribution is 9.10. The lowest BCUT2D eigenvalue weighted by Gasteiger charge is -2.18. The number of carboxylic acids is 1. The van der Waals surface area contributed by atoms with Crippen LogP contribution < -0.4 is 14.8 Å². The molecule has 0 bridgehead atoms. The van der Waals surface area contributed by atoms with Gasteiger partial charge in [0.25, 0.3) is 0 Å². The van der Waals surface area contributed by atoms with Gasteiger partial charge >= 0.3 is 5.97 Å². The van der Waals surface area contributed by atoms with Gasteiger partial charge in [-0.1, -0.05) is 30.3 Å². The average Bonchev–Trinajstić information content (AvgIpc) is 3.12. The van der Waals surface area contributed by atoms with Crippen LogP contribution in [0.4, 0.5) is 0 Å². The summed E-state index contributed by atoms with van der Waals surface area (Å²) >= 11 is 5.15. The van der Waals surface area contributed by atoms with E-state index in [1.165, 1.54) is 0 Å². The number of thioether (sulfide) groups is 1. The fourth-order valence-corrected chi connectivity index (χ4v) is 4.47. The lowest BCUT2D eigenvalue weighted by Crippen LogP contribution is -2.33. The third kappa shape index (κ3) is 4.52. The Balaban J connectivity index is 1.80. The third-order valence-electron chi connectivity index (χ3n) is 3.94. The van der Waals surface area contributed by atoms with Crippen molar-refractivity contribution in [3.05, 3.63) is 58.1 Å². The molecule has 1 fully saturated rings. The van der Waals surface area contributed by atoms with Crippen molar-refractivity contribution in [1.29, 1.82) is 0 Å². The Bertz CT molecular complexity index is 772. The zero-order valence-electron chi connectivity index (χ0n) is 14.3. The maximum atomic E-state index is 11.2. The first-order valence-electron chi connectivity index (χ1n) is 8.32. The molecule has 7 heteroatoms. The molecule has 0 unspecified atom stereocenters. The molecule has 26 heavy (non-hydrogen) atoms. The number of ether oxygens (including phenoxy) is 2. The predicted octanol–water partition coefficient (Wildman–Crippen LogP) is 4.22. The summed E-state index contributed by atoms with van der Waals surface area (Å²) in [5.74, 6) is 1.01. The number of carboxylic acid groups (broad SMARTS) is 1. The van der Waals surface area contributed by atoms with Gasteiger partial charge in [0.05, 0.1) is 16.5 Å². The van der Waals surface area contributed by atoms with E-state index in [0.717, 1.165) is 15.6 Å². The standard InChI is InChI=1S/C19H20BrNO4S/c1-2-24-16-9-13(18-21-15(11-26-18)19(22)23)8-14(20)17(16)25-10-12-6-4-3-5-7-12/h3-9,15,18,21H,2,10-11H2,1H3,(H,22,23)/t15-,18-/m1/s1. The van der Waals surface area contributed by atoms with Crippen LogP contribution in [-0.2, 0) is 11.4 Å². The number of aliphatic carboxylic acids is 1. The lowest BCUT2D eigenvalue weighted by molar-refractivity contribution is -0.138. The molecule has 0 radical (unpaired) electrons. The highest BCUT2D eigenvalue weighted by atomic mass is 79.9. The minimum absolute atomic E-state index is 0.0882. The van der Waals surface area contributed by atoms with Gasteiger partial charge in [0.2, 0.25) is 0 Å². The average molecular weight is 438 g/mol. The maximum Gasteiger partial charge on any atom is 0.321 e. The monoisotopic (exact) mass is 437 g/mol. The fourth-order valence-electron chi connectivity index (χ4n) is 2.68. The molecule has 1 saturated heterocycles. The molecule has 138 valence electrons. The molecule has 3 rings (SSSR count). The second-order valence-electron chi connectivity index (χ2n) is 5.81. The van der Waals surface area contributed by atoms with Crippen LogP contribution in [0.15, 0.2) is 46.9 Å². The summed E-state index contributed by atoms with van der Waals surface area (Å²) in [7, 11) is 0. The number of carbonyl (C=O) groups is 1. The van der Waals surface area contributed by atoms with E-state index in [1.807, 2.05) is 49.4 Å². The van der Waals surface area contributed by atoms with E-state index in [2.05, 4.69) is 21.2 Å². The minimum atomic E-state index is -0.827. The van der Waals surface area contributed by atoms with E-state index in [1.54, 1.807) is 11.8 Å². The second kappa shape index (κ2) is 8.79. The number of nitrogens with one attached hydrogen (secondary N) is 1. The Morgan fingerprint density at radius 3 is 2.73 bits per heavy atom. The van der Waals surface area contributed by atoms with E-state index in [0.29, 0.717) is 30.5 Å². The van der Waals surface area contributed by atoms with Crippen LogP contribution in [0.25, 0.3) is 0 Å². The van der Waals surface area contributed by atoms with Gasteiger partial charge in [0, 0.05) is 5.75 Å². The molecule has 0 spiro atoms. The van der Waals surface area contributed by atoms with Gasteiger partial charge in [-0.05, 0) is 46.1 Å². The number of benzene rings is 2. The van der Waals surface area contributed by atoms with Crippen molar-refractivity contribution in [2.75, 3.05) is 12.4 Å². The zero-order chi connectivity index (χ0) is 18.5. The van der Waals surface area contributed by atoms with Crippen molar-refractivity contribution in [1.82, 2.24) is 5.32 Å². The molecule has 2 N–H and O–H groups in total. The Hall–Kier alpha value is -1.70. The van der Waals surface area contributed by atoms with Crippen molar-refractivity contribution < 1.29 is 19.4 Å². The summed E-state index contributed by atoms with van der Waals surface area (Å²) in [6.45, 7) is 2.88. The van der Waals surface area contributed by atoms with Crippen LogP contribution in [-0.4, -0.2) is 29.5 Å². The Kier molecular flexibility index (Phi) is 6.45. The number of hydrogen-bond donors (Lipinski definition) is 2. The highest BCUT2D eigenvalue weighted by Gasteiger charge is 2.31. The van der Waals surface area contributed by atoms with Crippen LogP contribution in [0, 0.1) is 0 Å². The normalized spacial score (nSPS) is 19.3. The molecule has 0 saturated carbocycles. The number of hydrogen-bond acceptors (Lipinski definition) is 5. The molecule has 0 aliphatic carbocycles. The summed E-state index contributed by atoms with van der Waals surface area (Å²) in [5, 5.41) is 12.2. The first-order valence-corrected chi connectivity index (χ1v) is 10.2. The molecule has 2 atom stereocenters. The molecule has 1 aliphatic rings. The van der Waals surface area contributed by atoms with Gasteiger partial charge in [-0.25, -0.2) is 0 Å². The lowest BCUT2D eigenvalue weighted by atomic mass is 10.2. The SMILES string of the molecule is CCOc1cc([C@@H]2N[C@@H](C(=O)O)CS2)cc(Br)c1OCc1ccccc1. The zero-order valence-corrected chi connectivity index (χ0v) is 16.7. The predicted molar refractivity (Wildman–Crippen MR) is 106 cm³/mol. The highest BCUT2D eigenvalue weighted by Crippen LogP contribution is 2.42. The molecule has 0 amide bonds. The molecule has 1 aliphatic heterocycles. The van der Waals surface area contributed by atoms with Gasteiger partial charge < -0.3 is 14.6 Å². The smallest absolute Gasteiger partial charge is 0.321 e. The van der Waals surface area contributed by atoms with Crippen molar-refractivity contribution in [3.63, 3.8) is 0 Å². The Morgan fingerprint density at radius 1 is 1.31 bits per heavy atom. The fraction of sp³-hybridized carbons (Fsp3) is 0.316. The van der Waals surface area contributed by atoms with Crippen LogP contribution in [0.3, 0.4) is 0 Å². The first kappa shape index (κ1) is 19.1. The molecule has 1 heterocycles. The molecule has 2 aromatic rings. The van der Waals surface area contributed by atoms with Crippen molar-refractivity contribution >= 4 is 33.7 Å². The second-order valence-corrected chi connectivity index (χ2v) is 7.80. The van der Waals surface area contributed by atoms with Crippen LogP contribution in [0.5, 0.6) is 11.5 Å². The third-order valence-corrected chi connectivity index (χ3v) is 5.80. The summed E-state index contributed by atoms with van der Waals surface area (Å²) in [5.41, 5.74) is 2.03. The van der Waals surface area contributed by atoms with Crippen molar-refractivity contribution in [2.24, 2.45) is 0 Å². The summed E-state index contributed by atoms with van der Waals surface area (Å²) in [6.07, 6.45) is 0. The quantitative estimate of drug-likeness (QED) is 0.675. The van der Waals surface area contributed by atoms with E-state index in [-0.39, 0.29) is 5.37 Å². The Morgan fingerprint density at radius 2 is 2.08 bits per heavy atom. The number of rotatable bonds is 7. The van der Waals surface area contributed by atoms with E-state index in [4.69, 9.17) is 14.6 Å². The van der Waals surface area contributed by atoms with Crippen molar-refractivity contribution in [3.8, 4) is 11.5 Å². The van der Waals surface area contributed by atoms with Gasteiger partial charge in [-0.2, -0.15) is 0 Å². The topological polar surface area (TPSA) is 67.8 Å². The Labute approximate surface area is 165 Å². The molecule has 0 aromatic heterocycles. The summed E-state index contributed by atoms with van der Waals surface area (Å²) in [6, 6.07) is 13.3. The molecule has 2 aromatic carbocycles. The van der Waals surface area contributed by atoms with Gasteiger partial charge in [-0.15, -0.1) is 11.8 Å². The van der Waals surface area contributed by atoms with Gasteiger partial charge in [-0.3, -0.25) is 10.1 Å². The minimum Gasteiger partial charge on any atom is -0.490 e. The largest absolute Gasteiger partial charge is 0.490 e. The van der Waals surface area contributed by atoms with E-state index >= 15 is 0 Å². The summed E-state index contributed by atoms with van der Waals surface area (Å²) < 4.78 is 12.6. The number of halogens is 1. The van der Waals surface area contributed by atoms with Crippen molar-refractivity contribution in [2.45, 2.75) is 24.9 Å². The van der Waals surface area contributed by atoms with E-state index in [9.17, 15) is 4.79 Å². The molecular weight excluding hydrogens is 418 g/mol. The van der Waals surface area contributed by atoms with Crippen LogP contribution in [0.2, 0.25) is 0 Å². The summed E-state index contributed by atoms with van der Waals surface area (Å²) in [4.78, 5) is 11.2. The van der Waals surface area contributed by atoms with Gasteiger partial charge in [0.15, 0.2) is 11.5 Å². The van der Waals surface area contributed by atoms with Gasteiger partial charge in [0.1, 0.15) is 12.6 Å². The first-order chi connectivity index (χ1) is 12.6. The van der Waals surface area contributed by atoms with Crippen LogP contribution >= 0.6 is 27.7 Å². The van der Waals surface area contributed by atoms with E-state index < -0.39 is 12.0 Å². The molecular formula is C19H20BrNO4S. The maximum absolute atomic E-state index is 11.2.